The molecule has 1 aliphatic rings. The number of aliphatic imine (C=N–C) groups is 2. The lowest BCUT2D eigenvalue weighted by Crippen LogP contribution is -1.92. The van der Waals surface area contributed by atoms with Crippen LogP contribution in [0, 0.1) is 6.92 Å². The first-order valence-electron chi connectivity index (χ1n) is 3.84. The quantitative estimate of drug-likeness (QED) is 0.612. The zero-order valence-electron chi connectivity index (χ0n) is 6.81. The van der Waals surface area contributed by atoms with Crippen molar-refractivity contribution in [3.63, 3.8) is 0 Å². The van der Waals surface area contributed by atoms with E-state index in [-0.39, 0.29) is 6.17 Å². The van der Waals surface area contributed by atoms with Gasteiger partial charge in [0.05, 0.1) is 5.69 Å². The van der Waals surface area contributed by atoms with Crippen molar-refractivity contribution < 1.29 is 0 Å². The second-order valence-corrected chi connectivity index (χ2v) is 2.73. The lowest BCUT2D eigenvalue weighted by molar-refractivity contribution is 0.766. The Morgan fingerprint density at radius 2 is 1.92 bits per heavy atom. The summed E-state index contributed by atoms with van der Waals surface area (Å²) in [5.41, 5.74) is 2.07. The number of rotatable bonds is 1. The van der Waals surface area contributed by atoms with Crippen LogP contribution in [0.5, 0.6) is 0 Å². The number of aryl methyl sites for hydroxylation is 1. The molecule has 3 nitrogen and oxygen atoms in total. The highest BCUT2D eigenvalue weighted by molar-refractivity contribution is 6.17. The van der Waals surface area contributed by atoms with Crippen LogP contribution in [0.15, 0.2) is 28.3 Å². The molecular formula is C9H9N3. The van der Waals surface area contributed by atoms with Crippen LogP contribution in [-0.4, -0.2) is 17.4 Å². The van der Waals surface area contributed by atoms with Gasteiger partial charge in [0.25, 0.3) is 0 Å². The predicted molar refractivity (Wildman–Crippen MR) is 48.7 cm³/mol. The number of nitrogens with zero attached hydrogens (tertiary/aromatic N) is 3. The molecular weight excluding hydrogens is 150 g/mol. The average Bonchev–Trinajstić information content (AvgIpc) is 2.58. The van der Waals surface area contributed by atoms with E-state index in [4.69, 9.17) is 0 Å². The maximum absolute atomic E-state index is 4.23. The van der Waals surface area contributed by atoms with Crippen molar-refractivity contribution in [1.29, 1.82) is 0 Å². The summed E-state index contributed by atoms with van der Waals surface area (Å²) in [6, 6.07) is 3.98. The molecule has 1 aromatic heterocycles. The van der Waals surface area contributed by atoms with Crippen LogP contribution in [0.1, 0.15) is 17.4 Å². The van der Waals surface area contributed by atoms with Crippen LogP contribution in [-0.2, 0) is 0 Å². The zero-order valence-corrected chi connectivity index (χ0v) is 6.81. The standard InChI is InChI=1S/C9H9N3/c1-7-2-3-8(12-6-7)9-10-4-5-11-9/h2-6,9H,1H3. The van der Waals surface area contributed by atoms with Gasteiger partial charge in [-0.25, -0.2) is 0 Å². The number of hydrogen-bond donors (Lipinski definition) is 0. The second kappa shape index (κ2) is 2.85. The van der Waals surface area contributed by atoms with Crippen molar-refractivity contribution >= 4 is 12.4 Å². The largest absolute Gasteiger partial charge is 0.259 e. The SMILES string of the molecule is Cc1ccc(C2N=CC=N2)nc1. The molecule has 0 bridgehead atoms. The molecule has 0 aliphatic carbocycles. The molecule has 0 fully saturated rings. The molecule has 2 rings (SSSR count). The van der Waals surface area contributed by atoms with Gasteiger partial charge in [0.1, 0.15) is 0 Å². The summed E-state index contributed by atoms with van der Waals surface area (Å²) in [5, 5.41) is 0. The third-order valence-corrected chi connectivity index (χ3v) is 1.72. The first-order valence-corrected chi connectivity index (χ1v) is 3.84. The maximum atomic E-state index is 4.23. The van der Waals surface area contributed by atoms with E-state index >= 15 is 0 Å². The second-order valence-electron chi connectivity index (χ2n) is 2.73. The molecule has 12 heavy (non-hydrogen) atoms. The van der Waals surface area contributed by atoms with Gasteiger partial charge in [0, 0.05) is 18.6 Å². The van der Waals surface area contributed by atoms with Gasteiger partial charge in [-0.05, 0) is 18.6 Å². The number of hydrogen-bond acceptors (Lipinski definition) is 3. The molecule has 0 amide bonds. The smallest absolute Gasteiger partial charge is 0.181 e. The van der Waals surface area contributed by atoms with Crippen LogP contribution in [0.25, 0.3) is 0 Å². The van der Waals surface area contributed by atoms with Crippen LogP contribution in [0.3, 0.4) is 0 Å². The van der Waals surface area contributed by atoms with Crippen LogP contribution >= 0.6 is 0 Å². The summed E-state index contributed by atoms with van der Waals surface area (Å²) in [4.78, 5) is 12.5. The van der Waals surface area contributed by atoms with Gasteiger partial charge in [0.15, 0.2) is 6.17 Å². The van der Waals surface area contributed by atoms with Crippen LogP contribution < -0.4 is 0 Å². The highest BCUT2D eigenvalue weighted by atomic mass is 15.0. The fourth-order valence-corrected chi connectivity index (χ4v) is 1.06. The van der Waals surface area contributed by atoms with Crippen molar-refractivity contribution in [3.05, 3.63) is 29.6 Å². The molecule has 0 N–H and O–H groups in total. The molecule has 1 aliphatic heterocycles. The number of pyridine rings is 1. The van der Waals surface area contributed by atoms with Gasteiger partial charge in [-0.3, -0.25) is 15.0 Å². The Kier molecular flexibility index (Phi) is 1.70. The maximum Gasteiger partial charge on any atom is 0.181 e. The third-order valence-electron chi connectivity index (χ3n) is 1.72. The Balaban J connectivity index is 2.29. The lowest BCUT2D eigenvalue weighted by Gasteiger charge is -2.02. The average molecular weight is 159 g/mol. The molecule has 0 unspecified atom stereocenters. The van der Waals surface area contributed by atoms with Crippen LogP contribution in [0.2, 0.25) is 0 Å². The monoisotopic (exact) mass is 159 g/mol. The first-order chi connectivity index (χ1) is 5.86. The molecule has 0 aromatic carbocycles. The van der Waals surface area contributed by atoms with E-state index in [0.29, 0.717) is 0 Å². The highest BCUT2D eigenvalue weighted by Crippen LogP contribution is 2.17. The van der Waals surface area contributed by atoms with Gasteiger partial charge >= 0.3 is 0 Å². The molecule has 0 atom stereocenters. The Hall–Kier alpha value is -1.51. The number of aromatic nitrogens is 1. The van der Waals surface area contributed by atoms with Crippen molar-refractivity contribution in [2.45, 2.75) is 13.1 Å². The Morgan fingerprint density at radius 1 is 1.17 bits per heavy atom. The van der Waals surface area contributed by atoms with Gasteiger partial charge in [-0.15, -0.1) is 0 Å². The van der Waals surface area contributed by atoms with E-state index < -0.39 is 0 Å². The Labute approximate surface area is 70.9 Å². The van der Waals surface area contributed by atoms with Crippen LogP contribution in [0.4, 0.5) is 0 Å². The summed E-state index contributed by atoms with van der Waals surface area (Å²) in [5.74, 6) is 0. The van der Waals surface area contributed by atoms with Crippen molar-refractivity contribution in [3.8, 4) is 0 Å². The van der Waals surface area contributed by atoms with Crippen molar-refractivity contribution in [1.82, 2.24) is 4.98 Å². The fourth-order valence-electron chi connectivity index (χ4n) is 1.06. The molecule has 0 saturated heterocycles. The Bertz CT molecular complexity index is 312. The minimum Gasteiger partial charge on any atom is -0.259 e. The van der Waals surface area contributed by atoms with E-state index in [1.165, 1.54) is 0 Å². The summed E-state index contributed by atoms with van der Waals surface area (Å²) in [6.45, 7) is 2.01. The molecule has 60 valence electrons. The molecule has 0 spiro atoms. The fraction of sp³-hybridized carbons (Fsp3) is 0.222. The van der Waals surface area contributed by atoms with Gasteiger partial charge in [-0.1, -0.05) is 6.07 Å². The summed E-state index contributed by atoms with van der Waals surface area (Å²) in [6.07, 6.45) is 5.13. The molecule has 1 aromatic rings. The van der Waals surface area contributed by atoms with Gasteiger partial charge in [0.2, 0.25) is 0 Å². The normalized spacial score (nSPS) is 15.8. The van der Waals surface area contributed by atoms with E-state index in [1.807, 2.05) is 25.3 Å². The zero-order chi connectivity index (χ0) is 8.39. The summed E-state index contributed by atoms with van der Waals surface area (Å²) >= 11 is 0. The first kappa shape index (κ1) is 7.16. The Morgan fingerprint density at radius 3 is 2.50 bits per heavy atom. The summed E-state index contributed by atoms with van der Waals surface area (Å²) in [7, 11) is 0. The summed E-state index contributed by atoms with van der Waals surface area (Å²) < 4.78 is 0. The highest BCUT2D eigenvalue weighted by Gasteiger charge is 2.09. The van der Waals surface area contributed by atoms with Crippen molar-refractivity contribution in [2.75, 3.05) is 0 Å². The van der Waals surface area contributed by atoms with Gasteiger partial charge < -0.3 is 0 Å². The van der Waals surface area contributed by atoms with E-state index in [0.717, 1.165) is 11.3 Å². The molecule has 3 heteroatoms. The minimum atomic E-state index is -0.106. The van der Waals surface area contributed by atoms with E-state index in [1.54, 1.807) is 12.4 Å². The minimum absolute atomic E-state index is 0.106. The van der Waals surface area contributed by atoms with Crippen molar-refractivity contribution in [2.24, 2.45) is 9.98 Å². The molecule has 0 saturated carbocycles. The molecule has 0 radical (unpaired) electrons. The van der Waals surface area contributed by atoms with E-state index in [2.05, 4.69) is 15.0 Å². The molecule has 2 heterocycles. The topological polar surface area (TPSA) is 37.6 Å². The van der Waals surface area contributed by atoms with E-state index in [9.17, 15) is 0 Å². The third kappa shape index (κ3) is 1.25. The predicted octanol–water partition coefficient (Wildman–Crippen LogP) is 1.54. The van der Waals surface area contributed by atoms with Gasteiger partial charge in [-0.2, -0.15) is 0 Å². The lowest BCUT2D eigenvalue weighted by atomic mass is 10.2.